The Bertz CT molecular complexity index is 714. The minimum Gasteiger partial charge on any atom is -0.496 e. The van der Waals surface area contributed by atoms with Crippen LogP contribution in [0.2, 0.25) is 0 Å². The normalized spacial score (nSPS) is 10.2. The lowest BCUT2D eigenvalue weighted by Gasteiger charge is -2.07. The van der Waals surface area contributed by atoms with E-state index < -0.39 is 11.9 Å². The summed E-state index contributed by atoms with van der Waals surface area (Å²) in [6.45, 7) is 0. The van der Waals surface area contributed by atoms with Gasteiger partial charge < -0.3 is 18.9 Å². The van der Waals surface area contributed by atoms with E-state index in [0.717, 1.165) is 12.2 Å². The number of esters is 2. The molecule has 0 atom stereocenters. The van der Waals surface area contributed by atoms with Gasteiger partial charge in [0.15, 0.2) is 0 Å². The maximum absolute atomic E-state index is 11.8. The van der Waals surface area contributed by atoms with Gasteiger partial charge in [0.2, 0.25) is 0 Å². The molecule has 0 aliphatic heterocycles. The Kier molecular flexibility index (Phi) is 5.96. The van der Waals surface area contributed by atoms with Crippen LogP contribution in [-0.4, -0.2) is 26.2 Å². The van der Waals surface area contributed by atoms with Crippen molar-refractivity contribution in [2.24, 2.45) is 0 Å². The van der Waals surface area contributed by atoms with Crippen molar-refractivity contribution in [3.05, 3.63) is 60.7 Å². The first kappa shape index (κ1) is 17.1. The van der Waals surface area contributed by atoms with Crippen LogP contribution in [0.5, 0.6) is 23.0 Å². The highest BCUT2D eigenvalue weighted by molar-refractivity contribution is 5.93. The molecular formula is C18H16O6. The lowest BCUT2D eigenvalue weighted by molar-refractivity contribution is -0.131. The summed E-state index contributed by atoms with van der Waals surface area (Å²) in [5.41, 5.74) is 0. The Morgan fingerprint density at radius 1 is 0.708 bits per heavy atom. The van der Waals surface area contributed by atoms with Gasteiger partial charge in [0, 0.05) is 30.4 Å². The molecule has 2 rings (SSSR count). The molecule has 0 spiro atoms. The zero-order valence-corrected chi connectivity index (χ0v) is 13.2. The maximum atomic E-state index is 11.8. The predicted molar refractivity (Wildman–Crippen MR) is 86.4 cm³/mol. The average Bonchev–Trinajstić information content (AvgIpc) is 2.60. The summed E-state index contributed by atoms with van der Waals surface area (Å²) >= 11 is 0. The number of hydrogen-bond donors (Lipinski definition) is 0. The molecule has 6 nitrogen and oxygen atoms in total. The SMILES string of the molecule is COc1cc(OC)cc(OC(=O)/C=C\C(=O)Oc2ccccc2)c1. The highest BCUT2D eigenvalue weighted by Crippen LogP contribution is 2.27. The largest absolute Gasteiger partial charge is 0.496 e. The van der Waals surface area contributed by atoms with Gasteiger partial charge in [-0.3, -0.25) is 0 Å². The molecule has 0 saturated heterocycles. The molecule has 0 aromatic heterocycles. The number of benzene rings is 2. The van der Waals surface area contributed by atoms with Gasteiger partial charge in [-0.15, -0.1) is 0 Å². The monoisotopic (exact) mass is 328 g/mol. The van der Waals surface area contributed by atoms with E-state index in [9.17, 15) is 9.59 Å². The van der Waals surface area contributed by atoms with E-state index in [-0.39, 0.29) is 5.75 Å². The van der Waals surface area contributed by atoms with Gasteiger partial charge in [0.1, 0.15) is 23.0 Å². The molecule has 0 fully saturated rings. The first-order chi connectivity index (χ1) is 11.6. The Balaban J connectivity index is 1.96. The van der Waals surface area contributed by atoms with Crippen molar-refractivity contribution in [2.45, 2.75) is 0 Å². The van der Waals surface area contributed by atoms with E-state index in [1.165, 1.54) is 26.4 Å². The van der Waals surface area contributed by atoms with Gasteiger partial charge in [-0.05, 0) is 12.1 Å². The molecule has 0 saturated carbocycles. The molecule has 2 aromatic rings. The zero-order chi connectivity index (χ0) is 17.4. The van der Waals surface area contributed by atoms with Gasteiger partial charge >= 0.3 is 11.9 Å². The second-order valence-electron chi connectivity index (χ2n) is 4.54. The van der Waals surface area contributed by atoms with Gasteiger partial charge in [0.05, 0.1) is 14.2 Å². The van der Waals surface area contributed by atoms with Crippen molar-refractivity contribution in [3.63, 3.8) is 0 Å². The van der Waals surface area contributed by atoms with E-state index in [2.05, 4.69) is 0 Å². The van der Waals surface area contributed by atoms with Crippen molar-refractivity contribution >= 4 is 11.9 Å². The summed E-state index contributed by atoms with van der Waals surface area (Å²) in [5.74, 6) is 0.168. The number of para-hydroxylation sites is 1. The lowest BCUT2D eigenvalue weighted by Crippen LogP contribution is -2.08. The number of rotatable bonds is 6. The van der Waals surface area contributed by atoms with Gasteiger partial charge in [-0.2, -0.15) is 0 Å². The molecule has 0 bridgehead atoms. The number of carbonyl (C=O) groups excluding carboxylic acids is 2. The van der Waals surface area contributed by atoms with E-state index in [1.807, 2.05) is 0 Å². The summed E-state index contributed by atoms with van der Waals surface area (Å²) in [7, 11) is 2.97. The minimum absolute atomic E-state index is 0.234. The standard InChI is InChI=1S/C18H16O6/c1-21-14-10-15(22-2)12-16(11-14)24-18(20)9-8-17(19)23-13-6-4-3-5-7-13/h3-12H,1-2H3/b9-8-. The van der Waals surface area contributed by atoms with Gasteiger partial charge in [-0.25, -0.2) is 9.59 Å². The van der Waals surface area contributed by atoms with E-state index in [4.69, 9.17) is 18.9 Å². The molecule has 0 amide bonds. The fourth-order valence-corrected chi connectivity index (χ4v) is 1.77. The van der Waals surface area contributed by atoms with Crippen LogP contribution in [0.4, 0.5) is 0 Å². The third kappa shape index (κ3) is 5.17. The van der Waals surface area contributed by atoms with Crippen LogP contribution in [0.3, 0.4) is 0 Å². The second kappa shape index (κ2) is 8.38. The molecule has 6 heteroatoms. The average molecular weight is 328 g/mol. The molecule has 0 aliphatic rings. The van der Waals surface area contributed by atoms with E-state index >= 15 is 0 Å². The van der Waals surface area contributed by atoms with Crippen molar-refractivity contribution in [3.8, 4) is 23.0 Å². The Morgan fingerprint density at radius 2 is 1.17 bits per heavy atom. The minimum atomic E-state index is -0.727. The highest BCUT2D eigenvalue weighted by atomic mass is 16.5. The summed E-state index contributed by atoms with van der Waals surface area (Å²) in [4.78, 5) is 23.4. The van der Waals surface area contributed by atoms with Crippen molar-refractivity contribution < 1.29 is 28.5 Å². The van der Waals surface area contributed by atoms with E-state index in [1.54, 1.807) is 36.4 Å². The number of ether oxygens (including phenoxy) is 4. The molecule has 0 N–H and O–H groups in total. The van der Waals surface area contributed by atoms with Crippen LogP contribution in [0.25, 0.3) is 0 Å². The number of carbonyl (C=O) groups is 2. The molecule has 0 unspecified atom stereocenters. The van der Waals surface area contributed by atoms with Crippen molar-refractivity contribution in [1.29, 1.82) is 0 Å². The Hall–Kier alpha value is -3.28. The van der Waals surface area contributed by atoms with Crippen LogP contribution < -0.4 is 18.9 Å². The molecule has 0 radical (unpaired) electrons. The smallest absolute Gasteiger partial charge is 0.336 e. The zero-order valence-electron chi connectivity index (χ0n) is 13.2. The van der Waals surface area contributed by atoms with Gasteiger partial charge in [0.25, 0.3) is 0 Å². The lowest BCUT2D eigenvalue weighted by atomic mass is 10.3. The Morgan fingerprint density at radius 3 is 1.67 bits per heavy atom. The molecule has 124 valence electrons. The van der Waals surface area contributed by atoms with Crippen LogP contribution in [0.15, 0.2) is 60.7 Å². The summed E-state index contributed by atoms with van der Waals surface area (Å²) < 4.78 is 20.3. The number of methoxy groups -OCH3 is 2. The van der Waals surface area contributed by atoms with Crippen LogP contribution in [0, 0.1) is 0 Å². The molecule has 0 heterocycles. The molecular weight excluding hydrogens is 312 g/mol. The van der Waals surface area contributed by atoms with Crippen molar-refractivity contribution in [2.75, 3.05) is 14.2 Å². The fourth-order valence-electron chi connectivity index (χ4n) is 1.77. The first-order valence-corrected chi connectivity index (χ1v) is 7.00. The van der Waals surface area contributed by atoms with E-state index in [0.29, 0.717) is 17.2 Å². The summed E-state index contributed by atoms with van der Waals surface area (Å²) in [6.07, 6.45) is 1.98. The van der Waals surface area contributed by atoms with Crippen molar-refractivity contribution in [1.82, 2.24) is 0 Å². The molecule has 0 aliphatic carbocycles. The summed E-state index contributed by atoms with van der Waals surface area (Å²) in [6, 6.07) is 13.2. The maximum Gasteiger partial charge on any atom is 0.336 e. The first-order valence-electron chi connectivity index (χ1n) is 7.00. The van der Waals surface area contributed by atoms with Crippen LogP contribution in [0.1, 0.15) is 0 Å². The fraction of sp³-hybridized carbons (Fsp3) is 0.111. The van der Waals surface area contributed by atoms with Crippen LogP contribution >= 0.6 is 0 Å². The predicted octanol–water partition coefficient (Wildman–Crippen LogP) is 2.77. The van der Waals surface area contributed by atoms with Crippen LogP contribution in [-0.2, 0) is 9.59 Å². The quantitative estimate of drug-likeness (QED) is 0.461. The highest BCUT2D eigenvalue weighted by Gasteiger charge is 2.07. The molecule has 24 heavy (non-hydrogen) atoms. The summed E-state index contributed by atoms with van der Waals surface area (Å²) in [5, 5.41) is 0. The molecule has 2 aromatic carbocycles. The third-order valence-electron chi connectivity index (χ3n) is 2.86. The van der Waals surface area contributed by atoms with Gasteiger partial charge in [-0.1, -0.05) is 18.2 Å². The number of hydrogen-bond acceptors (Lipinski definition) is 6. The third-order valence-corrected chi connectivity index (χ3v) is 2.86. The Labute approximate surface area is 139 Å². The second-order valence-corrected chi connectivity index (χ2v) is 4.54. The topological polar surface area (TPSA) is 71.1 Å².